The number of halogens is 1. The zero-order chi connectivity index (χ0) is 16.4. The number of aromatic nitrogens is 2. The molecule has 5 nitrogen and oxygen atoms in total. The highest BCUT2D eigenvalue weighted by Gasteiger charge is 2.12. The molecule has 2 aromatic heterocycles. The van der Waals surface area contributed by atoms with E-state index in [-0.39, 0.29) is 11.7 Å². The van der Waals surface area contributed by atoms with Crippen LogP contribution in [-0.4, -0.2) is 31.2 Å². The van der Waals surface area contributed by atoms with Crippen LogP contribution in [0.2, 0.25) is 0 Å². The number of nitrogens with one attached hydrogen (secondary N) is 1. The molecule has 0 radical (unpaired) electrons. The van der Waals surface area contributed by atoms with E-state index < -0.39 is 0 Å². The van der Waals surface area contributed by atoms with Gasteiger partial charge >= 0.3 is 0 Å². The Morgan fingerprint density at radius 1 is 1.35 bits per heavy atom. The lowest BCUT2D eigenvalue weighted by molar-refractivity contribution is -0.113. The molecule has 0 aliphatic heterocycles. The van der Waals surface area contributed by atoms with Gasteiger partial charge in [0.1, 0.15) is 17.3 Å². The third-order valence-electron chi connectivity index (χ3n) is 3.28. The summed E-state index contributed by atoms with van der Waals surface area (Å²) in [4.78, 5) is 4.43. The number of nitrogens with zero attached hydrogens (tertiary/aromatic N) is 2. The standard InChI is InChI=1S/C16H13IN4OS/c17-12-3-1-2-10(6-12)13-8-20-15-7-11(4-5-21(13)15)16(19)23-14(18)9-22/h1-8,18-19,22H,9H2/p+1. The van der Waals surface area contributed by atoms with E-state index >= 15 is 0 Å². The molecule has 23 heavy (non-hydrogen) atoms. The quantitative estimate of drug-likeness (QED) is 0.332. The van der Waals surface area contributed by atoms with Gasteiger partial charge in [0.2, 0.25) is 5.04 Å². The summed E-state index contributed by atoms with van der Waals surface area (Å²) in [6.45, 7) is -0.241. The number of hydrogen-bond donors (Lipinski definition) is 3. The summed E-state index contributed by atoms with van der Waals surface area (Å²) in [5.74, 6) is 0. The lowest BCUT2D eigenvalue weighted by Gasteiger charge is -2.05. The Morgan fingerprint density at radius 2 is 2.17 bits per heavy atom. The molecular weight excluding hydrogens is 423 g/mol. The number of imidazole rings is 1. The fraction of sp³-hybridized carbons (Fsp3) is 0.0625. The summed E-state index contributed by atoms with van der Waals surface area (Å²) in [5.41, 5.74) is 3.59. The van der Waals surface area contributed by atoms with Crippen molar-refractivity contribution >= 4 is 50.1 Å². The predicted octanol–water partition coefficient (Wildman–Crippen LogP) is 1.81. The summed E-state index contributed by atoms with van der Waals surface area (Å²) < 4.78 is 3.16. The van der Waals surface area contributed by atoms with Crippen molar-refractivity contribution in [1.82, 2.24) is 9.38 Å². The number of fused-ring (bicyclic) bond motifs is 1. The molecule has 0 saturated carbocycles. The van der Waals surface area contributed by atoms with E-state index in [2.05, 4.69) is 33.6 Å². The van der Waals surface area contributed by atoms with Gasteiger partial charge in [-0.15, -0.1) is 0 Å². The van der Waals surface area contributed by atoms with Crippen molar-refractivity contribution in [3.63, 3.8) is 0 Å². The largest absolute Gasteiger partial charge is 0.385 e. The Bertz CT molecular complexity index is 906. The Labute approximate surface area is 150 Å². The number of aliphatic hydroxyl groups excluding tert-OH is 1. The second kappa shape index (κ2) is 6.81. The maximum absolute atomic E-state index is 8.96. The van der Waals surface area contributed by atoms with E-state index in [1.807, 2.05) is 47.1 Å². The summed E-state index contributed by atoms with van der Waals surface area (Å²) in [5, 5.41) is 23.2. The number of benzene rings is 1. The molecule has 0 amide bonds. The van der Waals surface area contributed by atoms with Gasteiger partial charge in [0.15, 0.2) is 0 Å². The molecule has 0 fully saturated rings. The highest BCUT2D eigenvalue weighted by atomic mass is 127. The van der Waals surface area contributed by atoms with Gasteiger partial charge in [0.05, 0.1) is 11.9 Å². The molecule has 0 aliphatic rings. The Hall–Kier alpha value is -1.71. The van der Waals surface area contributed by atoms with Crippen molar-refractivity contribution in [2.75, 3.05) is 6.61 Å². The summed E-state index contributed by atoms with van der Waals surface area (Å²) in [6, 6.07) is 11.9. The molecular formula is C16H14IN4OS+. The minimum absolute atomic E-state index is 0.241. The lowest BCUT2D eigenvalue weighted by Crippen LogP contribution is -2.40. The molecule has 116 valence electrons. The van der Waals surface area contributed by atoms with Gasteiger partial charge in [-0.2, -0.15) is 0 Å². The van der Waals surface area contributed by atoms with Crippen molar-refractivity contribution < 1.29 is 10.5 Å². The SMILES string of the molecule is N=C(SC(=[NH2+])CO)c1ccn2c(-c3cccc(I)c3)cnc2c1. The first-order valence-corrected chi connectivity index (χ1v) is 8.70. The maximum atomic E-state index is 8.96. The van der Waals surface area contributed by atoms with Crippen molar-refractivity contribution in [3.8, 4) is 11.3 Å². The minimum Gasteiger partial charge on any atom is -0.385 e. The number of hydrogen-bond acceptors (Lipinski definition) is 4. The van der Waals surface area contributed by atoms with Crippen LogP contribution in [0.1, 0.15) is 5.56 Å². The molecule has 0 spiro atoms. The monoisotopic (exact) mass is 437 g/mol. The number of rotatable bonds is 3. The predicted molar refractivity (Wildman–Crippen MR) is 102 cm³/mol. The summed E-state index contributed by atoms with van der Waals surface area (Å²) in [6.07, 6.45) is 3.73. The molecule has 0 bridgehead atoms. The van der Waals surface area contributed by atoms with Gasteiger partial charge in [0, 0.05) is 20.9 Å². The van der Waals surface area contributed by atoms with Crippen molar-refractivity contribution in [2.24, 2.45) is 0 Å². The Balaban J connectivity index is 1.97. The van der Waals surface area contributed by atoms with E-state index in [1.165, 1.54) is 3.57 Å². The van der Waals surface area contributed by atoms with Crippen LogP contribution >= 0.6 is 34.4 Å². The zero-order valence-corrected chi connectivity index (χ0v) is 15.0. The second-order valence-electron chi connectivity index (χ2n) is 4.85. The highest BCUT2D eigenvalue weighted by Crippen LogP contribution is 2.23. The van der Waals surface area contributed by atoms with Gasteiger partial charge in [0.25, 0.3) is 0 Å². The molecule has 0 atom stereocenters. The van der Waals surface area contributed by atoms with Gasteiger partial charge in [-0.05, 0) is 58.6 Å². The first kappa shape index (κ1) is 16.2. The van der Waals surface area contributed by atoms with Crippen molar-refractivity contribution in [3.05, 3.63) is 57.9 Å². The first-order chi connectivity index (χ1) is 11.1. The van der Waals surface area contributed by atoms with Gasteiger partial charge < -0.3 is 5.11 Å². The number of thioether (sulfide) groups is 1. The van der Waals surface area contributed by atoms with Crippen molar-refractivity contribution in [1.29, 1.82) is 5.41 Å². The number of aliphatic hydroxyl groups is 1. The van der Waals surface area contributed by atoms with Crippen LogP contribution in [0.4, 0.5) is 0 Å². The van der Waals surface area contributed by atoms with Gasteiger partial charge in [-0.25, -0.2) is 4.98 Å². The lowest BCUT2D eigenvalue weighted by atomic mass is 10.2. The molecule has 4 N–H and O–H groups in total. The zero-order valence-electron chi connectivity index (χ0n) is 12.0. The maximum Gasteiger partial charge on any atom is 0.239 e. The van der Waals surface area contributed by atoms with E-state index in [4.69, 9.17) is 15.9 Å². The third-order valence-corrected chi connectivity index (χ3v) is 4.79. The van der Waals surface area contributed by atoms with E-state index in [0.717, 1.165) is 34.2 Å². The molecule has 1 aromatic carbocycles. The number of pyridine rings is 1. The van der Waals surface area contributed by atoms with Crippen LogP contribution in [0.3, 0.4) is 0 Å². The van der Waals surface area contributed by atoms with Crippen LogP contribution in [0, 0.1) is 8.98 Å². The second-order valence-corrected chi connectivity index (χ2v) is 7.24. The Morgan fingerprint density at radius 3 is 2.91 bits per heavy atom. The van der Waals surface area contributed by atoms with Crippen LogP contribution in [0.5, 0.6) is 0 Å². The van der Waals surface area contributed by atoms with Crippen molar-refractivity contribution in [2.45, 2.75) is 0 Å². The van der Waals surface area contributed by atoms with Gasteiger partial charge in [-0.3, -0.25) is 15.2 Å². The molecule has 0 aliphatic carbocycles. The van der Waals surface area contributed by atoms with Gasteiger partial charge in [-0.1, -0.05) is 12.1 Å². The van der Waals surface area contributed by atoms with E-state index in [0.29, 0.717) is 5.04 Å². The van der Waals surface area contributed by atoms with Crippen LogP contribution in [0.15, 0.2) is 48.8 Å². The molecule has 3 aromatic rings. The minimum atomic E-state index is -0.241. The average Bonchev–Trinajstić information content (AvgIpc) is 2.97. The van der Waals surface area contributed by atoms with E-state index in [1.54, 1.807) is 0 Å². The normalized spacial score (nSPS) is 10.9. The molecule has 0 unspecified atom stereocenters. The summed E-state index contributed by atoms with van der Waals surface area (Å²) in [7, 11) is 0. The fourth-order valence-electron chi connectivity index (χ4n) is 2.21. The highest BCUT2D eigenvalue weighted by molar-refractivity contribution is 14.1. The molecule has 2 heterocycles. The molecule has 0 saturated heterocycles. The smallest absolute Gasteiger partial charge is 0.239 e. The number of nitrogens with two attached hydrogens (primary N) is 1. The topological polar surface area (TPSA) is 87.0 Å². The van der Waals surface area contributed by atoms with Crippen LogP contribution < -0.4 is 5.41 Å². The third kappa shape index (κ3) is 3.46. The molecule has 3 rings (SSSR count). The van der Waals surface area contributed by atoms with Crippen LogP contribution in [-0.2, 0) is 0 Å². The average molecular weight is 437 g/mol. The first-order valence-electron chi connectivity index (χ1n) is 6.80. The fourth-order valence-corrected chi connectivity index (χ4v) is 3.32. The van der Waals surface area contributed by atoms with Crippen LogP contribution in [0.25, 0.3) is 16.9 Å². The van der Waals surface area contributed by atoms with E-state index in [9.17, 15) is 0 Å². The summed E-state index contributed by atoms with van der Waals surface area (Å²) >= 11 is 3.34. The molecule has 7 heteroatoms. The Kier molecular flexibility index (Phi) is 4.79.